The largest absolute Gasteiger partial charge is 0.456 e. The van der Waals surface area contributed by atoms with Crippen molar-refractivity contribution in [3.05, 3.63) is 112 Å². The second-order valence-electron chi connectivity index (χ2n) is 6.95. The van der Waals surface area contributed by atoms with E-state index in [1.54, 1.807) is 30.3 Å². The SMILES string of the molecule is N#Cc1cc([N+](=O)[O-])ccc1Oc1ccc(/C=N/NC(=O)c2cccc3ccccc23)cc1. The van der Waals surface area contributed by atoms with Crippen molar-refractivity contribution in [2.24, 2.45) is 5.10 Å². The van der Waals surface area contributed by atoms with Crippen molar-refractivity contribution in [3.63, 3.8) is 0 Å². The fraction of sp³-hybridized carbons (Fsp3) is 0. The first-order chi connectivity index (χ1) is 16.0. The van der Waals surface area contributed by atoms with E-state index in [2.05, 4.69) is 10.5 Å². The van der Waals surface area contributed by atoms with Crippen LogP contribution in [0.4, 0.5) is 5.69 Å². The topological polar surface area (TPSA) is 118 Å². The van der Waals surface area contributed by atoms with Crippen LogP contribution in [0.5, 0.6) is 11.5 Å². The number of ether oxygens (including phenoxy) is 1. The van der Waals surface area contributed by atoms with Crippen LogP contribution in [0.25, 0.3) is 10.8 Å². The van der Waals surface area contributed by atoms with Gasteiger partial charge in [-0.25, -0.2) is 5.43 Å². The molecule has 0 radical (unpaired) electrons. The smallest absolute Gasteiger partial charge is 0.271 e. The molecule has 4 rings (SSSR count). The molecule has 4 aromatic rings. The lowest BCUT2D eigenvalue weighted by Crippen LogP contribution is -2.17. The molecule has 0 heterocycles. The van der Waals surface area contributed by atoms with Crippen LogP contribution < -0.4 is 10.2 Å². The van der Waals surface area contributed by atoms with Crippen LogP contribution >= 0.6 is 0 Å². The zero-order chi connectivity index (χ0) is 23.2. The second-order valence-corrected chi connectivity index (χ2v) is 6.95. The van der Waals surface area contributed by atoms with Gasteiger partial charge >= 0.3 is 0 Å². The minimum atomic E-state index is -0.572. The molecule has 0 saturated carbocycles. The van der Waals surface area contributed by atoms with E-state index in [4.69, 9.17) is 4.74 Å². The van der Waals surface area contributed by atoms with Gasteiger partial charge in [0.2, 0.25) is 0 Å². The normalized spacial score (nSPS) is 10.6. The molecule has 0 fully saturated rings. The highest BCUT2D eigenvalue weighted by Gasteiger charge is 2.12. The molecule has 0 saturated heterocycles. The Morgan fingerprint density at radius 3 is 2.55 bits per heavy atom. The van der Waals surface area contributed by atoms with E-state index in [1.165, 1.54) is 18.3 Å². The zero-order valence-corrected chi connectivity index (χ0v) is 17.1. The molecule has 0 unspecified atom stereocenters. The highest BCUT2D eigenvalue weighted by atomic mass is 16.6. The van der Waals surface area contributed by atoms with Gasteiger partial charge in [0.25, 0.3) is 11.6 Å². The Bertz CT molecular complexity index is 1420. The van der Waals surface area contributed by atoms with Crippen LogP contribution in [0.3, 0.4) is 0 Å². The summed E-state index contributed by atoms with van der Waals surface area (Å²) in [6.07, 6.45) is 1.50. The van der Waals surface area contributed by atoms with Crippen molar-refractivity contribution in [2.45, 2.75) is 0 Å². The Balaban J connectivity index is 1.42. The van der Waals surface area contributed by atoms with Crippen LogP contribution in [0.2, 0.25) is 0 Å². The van der Waals surface area contributed by atoms with Crippen LogP contribution in [0.1, 0.15) is 21.5 Å². The molecule has 0 bridgehead atoms. The van der Waals surface area contributed by atoms with E-state index in [1.807, 2.05) is 42.5 Å². The number of nitro benzene ring substituents is 1. The third-order valence-electron chi connectivity index (χ3n) is 4.82. The van der Waals surface area contributed by atoms with Crippen LogP contribution in [-0.4, -0.2) is 17.0 Å². The molecule has 0 aliphatic heterocycles. The summed E-state index contributed by atoms with van der Waals surface area (Å²) >= 11 is 0. The third kappa shape index (κ3) is 4.84. The van der Waals surface area contributed by atoms with Gasteiger partial charge in [0.1, 0.15) is 23.1 Å². The summed E-state index contributed by atoms with van der Waals surface area (Å²) in [6, 6.07) is 25.6. The molecule has 8 heteroatoms. The lowest BCUT2D eigenvalue weighted by molar-refractivity contribution is -0.384. The molecular formula is C25H16N4O4. The van der Waals surface area contributed by atoms with E-state index >= 15 is 0 Å². The highest BCUT2D eigenvalue weighted by molar-refractivity contribution is 6.07. The molecule has 33 heavy (non-hydrogen) atoms. The van der Waals surface area contributed by atoms with Gasteiger partial charge in [0.05, 0.1) is 11.1 Å². The Morgan fingerprint density at radius 1 is 1.03 bits per heavy atom. The average Bonchev–Trinajstić information content (AvgIpc) is 2.84. The maximum atomic E-state index is 12.5. The van der Waals surface area contributed by atoms with E-state index in [9.17, 15) is 20.2 Å². The monoisotopic (exact) mass is 436 g/mol. The summed E-state index contributed by atoms with van der Waals surface area (Å²) in [4.78, 5) is 22.8. The predicted molar refractivity (Wildman–Crippen MR) is 123 cm³/mol. The number of nitrogens with one attached hydrogen (secondary N) is 1. The Kier molecular flexibility index (Phi) is 6.05. The van der Waals surface area contributed by atoms with Gasteiger partial charge in [0.15, 0.2) is 0 Å². The van der Waals surface area contributed by atoms with E-state index < -0.39 is 4.92 Å². The van der Waals surface area contributed by atoms with Crippen molar-refractivity contribution < 1.29 is 14.5 Å². The van der Waals surface area contributed by atoms with E-state index in [-0.39, 0.29) is 22.9 Å². The molecule has 0 aliphatic carbocycles. The lowest BCUT2D eigenvalue weighted by atomic mass is 10.0. The maximum Gasteiger partial charge on any atom is 0.271 e. The summed E-state index contributed by atoms with van der Waals surface area (Å²) in [7, 11) is 0. The number of nitrogens with zero attached hydrogens (tertiary/aromatic N) is 3. The van der Waals surface area contributed by atoms with Gasteiger partial charge in [-0.1, -0.05) is 36.4 Å². The predicted octanol–water partition coefficient (Wildman–Crippen LogP) is 5.18. The van der Waals surface area contributed by atoms with Gasteiger partial charge in [-0.2, -0.15) is 10.4 Å². The molecule has 0 atom stereocenters. The Hall–Kier alpha value is -5.03. The molecule has 160 valence electrons. The minimum Gasteiger partial charge on any atom is -0.456 e. The number of carbonyl (C=O) groups is 1. The highest BCUT2D eigenvalue weighted by Crippen LogP contribution is 2.28. The molecule has 0 aliphatic rings. The quantitative estimate of drug-likeness (QED) is 0.254. The van der Waals surface area contributed by atoms with Gasteiger partial charge in [-0.15, -0.1) is 0 Å². The maximum absolute atomic E-state index is 12.5. The van der Waals surface area contributed by atoms with Gasteiger partial charge in [0, 0.05) is 17.7 Å². The first kappa shape index (κ1) is 21.2. The number of hydrogen-bond donors (Lipinski definition) is 1. The molecule has 0 aromatic heterocycles. The van der Waals surface area contributed by atoms with Gasteiger partial charge in [-0.3, -0.25) is 14.9 Å². The summed E-state index contributed by atoms with van der Waals surface area (Å²) in [5.74, 6) is 0.342. The van der Waals surface area contributed by atoms with Gasteiger partial charge in [-0.05, 0) is 52.7 Å². The first-order valence-corrected chi connectivity index (χ1v) is 9.83. The number of amides is 1. The first-order valence-electron chi connectivity index (χ1n) is 9.83. The molecule has 8 nitrogen and oxygen atoms in total. The van der Waals surface area contributed by atoms with E-state index in [0.717, 1.165) is 16.8 Å². The number of hydrazone groups is 1. The van der Waals surface area contributed by atoms with Gasteiger partial charge < -0.3 is 4.74 Å². The van der Waals surface area contributed by atoms with Crippen LogP contribution in [-0.2, 0) is 0 Å². The number of rotatable bonds is 6. The lowest BCUT2D eigenvalue weighted by Gasteiger charge is -2.07. The number of nitro groups is 1. The number of non-ortho nitro benzene ring substituents is 1. The molecule has 1 amide bonds. The van der Waals surface area contributed by atoms with Crippen molar-refractivity contribution in [1.82, 2.24) is 5.43 Å². The van der Waals surface area contributed by atoms with E-state index in [0.29, 0.717) is 16.9 Å². The fourth-order valence-electron chi connectivity index (χ4n) is 3.21. The Labute approximate surface area is 188 Å². The summed E-state index contributed by atoms with van der Waals surface area (Å²) < 4.78 is 5.67. The number of hydrogen-bond acceptors (Lipinski definition) is 6. The van der Waals surface area contributed by atoms with Crippen molar-refractivity contribution in [3.8, 4) is 17.6 Å². The zero-order valence-electron chi connectivity index (χ0n) is 17.1. The minimum absolute atomic E-state index is 0.0611. The van der Waals surface area contributed by atoms with Crippen LogP contribution in [0.15, 0.2) is 90.0 Å². The number of fused-ring (bicyclic) bond motifs is 1. The third-order valence-corrected chi connectivity index (χ3v) is 4.82. The van der Waals surface area contributed by atoms with Crippen molar-refractivity contribution in [2.75, 3.05) is 0 Å². The molecule has 1 N–H and O–H groups in total. The molecule has 4 aromatic carbocycles. The summed E-state index contributed by atoms with van der Waals surface area (Å²) in [6.45, 7) is 0. The van der Waals surface area contributed by atoms with Crippen LogP contribution in [0, 0.1) is 21.4 Å². The average molecular weight is 436 g/mol. The molecular weight excluding hydrogens is 420 g/mol. The summed E-state index contributed by atoms with van der Waals surface area (Å²) in [5.41, 5.74) is 3.65. The Morgan fingerprint density at radius 2 is 1.79 bits per heavy atom. The summed E-state index contributed by atoms with van der Waals surface area (Å²) in [5, 5.41) is 25.9. The number of nitriles is 1. The molecule has 0 spiro atoms. The second kappa shape index (κ2) is 9.41. The van der Waals surface area contributed by atoms with Crippen molar-refractivity contribution >= 4 is 28.6 Å². The standard InChI is InChI=1S/C25H16N4O4/c26-15-19-14-20(29(31)32)10-13-24(19)33-21-11-8-17(9-12-21)16-27-28-25(30)23-7-3-5-18-4-1-2-6-22(18)23/h1-14,16H,(H,28,30)/b27-16+. The van der Waals surface area contributed by atoms with Crippen molar-refractivity contribution in [1.29, 1.82) is 5.26 Å². The number of benzene rings is 4. The fourth-order valence-corrected chi connectivity index (χ4v) is 3.21. The number of carbonyl (C=O) groups excluding carboxylic acids is 1.